The first-order valence-electron chi connectivity index (χ1n) is 9.67. The van der Waals surface area contributed by atoms with Crippen LogP contribution in [0.15, 0.2) is 84.9 Å². The van der Waals surface area contributed by atoms with Gasteiger partial charge in [-0.2, -0.15) is 0 Å². The fraction of sp³-hybridized carbons (Fsp3) is 0.0400. The number of para-hydroxylation sites is 2. The van der Waals surface area contributed by atoms with Gasteiger partial charge in [0.2, 0.25) is 0 Å². The molecule has 28 heavy (non-hydrogen) atoms. The van der Waals surface area contributed by atoms with Crippen molar-refractivity contribution in [1.82, 2.24) is 4.98 Å². The summed E-state index contributed by atoms with van der Waals surface area (Å²) in [6.45, 7) is 0. The Kier molecular flexibility index (Phi) is 2.54. The molecule has 2 aliphatic heterocycles. The lowest BCUT2D eigenvalue weighted by atomic mass is 9.91. The zero-order valence-electron chi connectivity index (χ0n) is 15.1. The van der Waals surface area contributed by atoms with E-state index < -0.39 is 0 Å². The highest BCUT2D eigenvalue weighted by Crippen LogP contribution is 2.54. The van der Waals surface area contributed by atoms with E-state index in [1.165, 1.54) is 55.6 Å². The fourth-order valence-corrected chi connectivity index (χ4v) is 4.93. The molecule has 0 spiro atoms. The van der Waals surface area contributed by atoms with E-state index in [-0.39, 0.29) is 6.17 Å². The Balaban J connectivity index is 1.53. The summed E-state index contributed by atoms with van der Waals surface area (Å²) in [7, 11) is 0. The second kappa shape index (κ2) is 4.96. The Labute approximate surface area is 162 Å². The molecule has 0 amide bonds. The molecule has 1 unspecified atom stereocenters. The van der Waals surface area contributed by atoms with Gasteiger partial charge in [0.25, 0.3) is 0 Å². The van der Waals surface area contributed by atoms with Crippen LogP contribution in [0, 0.1) is 0 Å². The van der Waals surface area contributed by atoms with Crippen LogP contribution in [0.1, 0.15) is 11.7 Å². The molecule has 1 aromatic heterocycles. The molecule has 0 fully saturated rings. The molecule has 0 saturated carbocycles. The van der Waals surface area contributed by atoms with Crippen molar-refractivity contribution in [2.24, 2.45) is 0 Å². The summed E-state index contributed by atoms with van der Waals surface area (Å²) >= 11 is 0. The normalized spacial score (nSPS) is 16.4. The SMILES string of the molecule is c1ccc2c(c1)-c1ccccc1N1c3cc4[nH]c5ccccc5c4cc3NC21. The van der Waals surface area contributed by atoms with E-state index in [1.54, 1.807) is 0 Å². The third-order valence-electron chi connectivity index (χ3n) is 6.14. The first-order chi connectivity index (χ1) is 13.9. The number of hydrogen-bond acceptors (Lipinski definition) is 2. The van der Waals surface area contributed by atoms with Crippen LogP contribution in [0.3, 0.4) is 0 Å². The van der Waals surface area contributed by atoms with E-state index in [2.05, 4.69) is 100 Å². The van der Waals surface area contributed by atoms with Gasteiger partial charge in [-0.1, -0.05) is 60.7 Å². The van der Waals surface area contributed by atoms with Gasteiger partial charge in [-0.15, -0.1) is 0 Å². The lowest BCUT2D eigenvalue weighted by Crippen LogP contribution is -2.27. The molecule has 1 atom stereocenters. The molecule has 4 aromatic carbocycles. The number of benzene rings is 4. The summed E-state index contributed by atoms with van der Waals surface area (Å²) in [4.78, 5) is 6.03. The van der Waals surface area contributed by atoms with Gasteiger partial charge in [-0.3, -0.25) is 0 Å². The predicted molar refractivity (Wildman–Crippen MR) is 116 cm³/mol. The average Bonchev–Trinajstić information content (AvgIpc) is 3.30. The predicted octanol–water partition coefficient (Wildman–Crippen LogP) is 6.56. The molecule has 132 valence electrons. The molecule has 7 rings (SSSR count). The summed E-state index contributed by atoms with van der Waals surface area (Å²) in [5, 5.41) is 6.33. The van der Waals surface area contributed by atoms with E-state index in [0.29, 0.717) is 0 Å². The number of nitrogens with one attached hydrogen (secondary N) is 2. The molecular formula is C25H17N3. The van der Waals surface area contributed by atoms with Crippen molar-refractivity contribution in [3.05, 3.63) is 90.5 Å². The first kappa shape index (κ1) is 14.4. The van der Waals surface area contributed by atoms with Crippen molar-refractivity contribution < 1.29 is 0 Å². The standard InChI is InChI=1S/C25H17N3/c1-2-10-18-15(7-1)17-9-4-6-12-23(17)28-24-14-21-19(13-22(24)27-25(18)28)16-8-3-5-11-20(16)26-21/h1-14,25-27H. The summed E-state index contributed by atoms with van der Waals surface area (Å²) in [6.07, 6.45) is 0.124. The third-order valence-corrected chi connectivity index (χ3v) is 6.14. The summed E-state index contributed by atoms with van der Waals surface area (Å²) < 4.78 is 0. The van der Waals surface area contributed by atoms with E-state index in [1.807, 2.05) is 0 Å². The number of aromatic amines is 1. The Morgan fingerprint density at radius 2 is 1.43 bits per heavy atom. The molecule has 3 heteroatoms. The van der Waals surface area contributed by atoms with Gasteiger partial charge in [0.15, 0.2) is 0 Å². The zero-order valence-corrected chi connectivity index (χ0v) is 15.1. The lowest BCUT2D eigenvalue weighted by molar-refractivity contribution is 0.819. The summed E-state index contributed by atoms with van der Waals surface area (Å²) in [5.74, 6) is 0. The van der Waals surface area contributed by atoms with Crippen LogP contribution < -0.4 is 10.2 Å². The molecule has 0 aliphatic carbocycles. The summed E-state index contributed by atoms with van der Waals surface area (Å²) in [6, 6.07) is 30.5. The first-order valence-corrected chi connectivity index (χ1v) is 9.67. The molecule has 0 bridgehead atoms. The van der Waals surface area contributed by atoms with Crippen LogP contribution in [0.5, 0.6) is 0 Å². The maximum atomic E-state index is 3.79. The lowest BCUT2D eigenvalue weighted by Gasteiger charge is -2.35. The quantitative estimate of drug-likeness (QED) is 0.328. The minimum atomic E-state index is 0.124. The molecule has 2 N–H and O–H groups in total. The number of rotatable bonds is 0. The minimum Gasteiger partial charge on any atom is -0.359 e. The van der Waals surface area contributed by atoms with Crippen LogP contribution >= 0.6 is 0 Å². The maximum Gasteiger partial charge on any atom is 0.131 e. The Hall–Kier alpha value is -3.72. The monoisotopic (exact) mass is 359 g/mol. The number of aromatic nitrogens is 1. The van der Waals surface area contributed by atoms with E-state index in [4.69, 9.17) is 0 Å². The second-order valence-electron chi connectivity index (χ2n) is 7.61. The van der Waals surface area contributed by atoms with Crippen molar-refractivity contribution in [2.75, 3.05) is 10.2 Å². The number of H-pyrrole nitrogens is 1. The average molecular weight is 359 g/mol. The number of hydrogen-bond donors (Lipinski definition) is 2. The van der Waals surface area contributed by atoms with Crippen molar-refractivity contribution in [2.45, 2.75) is 6.17 Å². The van der Waals surface area contributed by atoms with E-state index >= 15 is 0 Å². The zero-order chi connectivity index (χ0) is 18.2. The van der Waals surface area contributed by atoms with Crippen LogP contribution in [0.25, 0.3) is 32.9 Å². The van der Waals surface area contributed by atoms with Gasteiger partial charge >= 0.3 is 0 Å². The minimum absolute atomic E-state index is 0.124. The van der Waals surface area contributed by atoms with Crippen LogP contribution in [-0.2, 0) is 0 Å². The van der Waals surface area contributed by atoms with Gasteiger partial charge in [-0.05, 0) is 29.8 Å². The highest BCUT2D eigenvalue weighted by Gasteiger charge is 2.37. The van der Waals surface area contributed by atoms with Crippen LogP contribution in [0.2, 0.25) is 0 Å². The fourth-order valence-electron chi connectivity index (χ4n) is 4.93. The highest BCUT2D eigenvalue weighted by molar-refractivity contribution is 6.11. The Morgan fingerprint density at radius 3 is 2.39 bits per heavy atom. The topological polar surface area (TPSA) is 31.1 Å². The van der Waals surface area contributed by atoms with Gasteiger partial charge in [-0.25, -0.2) is 0 Å². The molecule has 3 nitrogen and oxygen atoms in total. The van der Waals surface area contributed by atoms with Gasteiger partial charge in [0, 0.05) is 32.9 Å². The smallest absolute Gasteiger partial charge is 0.131 e. The van der Waals surface area contributed by atoms with Crippen LogP contribution in [0.4, 0.5) is 17.1 Å². The van der Waals surface area contributed by atoms with Crippen molar-refractivity contribution in [1.29, 1.82) is 0 Å². The van der Waals surface area contributed by atoms with Crippen molar-refractivity contribution in [3.63, 3.8) is 0 Å². The van der Waals surface area contributed by atoms with Gasteiger partial charge in [0.05, 0.1) is 17.1 Å². The van der Waals surface area contributed by atoms with Crippen molar-refractivity contribution >= 4 is 38.9 Å². The molecule has 0 saturated heterocycles. The van der Waals surface area contributed by atoms with E-state index in [9.17, 15) is 0 Å². The number of anilines is 3. The number of nitrogens with zero attached hydrogens (tertiary/aromatic N) is 1. The van der Waals surface area contributed by atoms with Gasteiger partial charge in [0.1, 0.15) is 6.17 Å². The molecule has 0 radical (unpaired) electrons. The second-order valence-corrected chi connectivity index (χ2v) is 7.61. The number of fused-ring (bicyclic) bond motifs is 11. The van der Waals surface area contributed by atoms with Crippen molar-refractivity contribution in [3.8, 4) is 11.1 Å². The Bertz CT molecular complexity index is 1410. The van der Waals surface area contributed by atoms with E-state index in [0.717, 1.165) is 0 Å². The molecule has 5 aromatic rings. The largest absolute Gasteiger partial charge is 0.359 e. The molecule has 2 aliphatic rings. The maximum absolute atomic E-state index is 3.79. The third kappa shape index (κ3) is 1.69. The van der Waals surface area contributed by atoms with Crippen LogP contribution in [-0.4, -0.2) is 4.98 Å². The molecular weight excluding hydrogens is 342 g/mol. The van der Waals surface area contributed by atoms with Gasteiger partial charge < -0.3 is 15.2 Å². The molecule has 3 heterocycles. The highest BCUT2D eigenvalue weighted by atomic mass is 15.3. The summed E-state index contributed by atoms with van der Waals surface area (Å²) in [5.41, 5.74) is 9.97. The Morgan fingerprint density at radius 1 is 0.643 bits per heavy atom.